The molecule has 3 N–H and O–H groups in total. The first-order valence-electron chi connectivity index (χ1n) is 29.6. The van der Waals surface area contributed by atoms with Crippen LogP contribution in [-0.2, 0) is 79.5 Å². The van der Waals surface area contributed by atoms with Crippen LogP contribution in [0.25, 0.3) is 0 Å². The number of likely N-dealkylation sites (tertiary alicyclic amines) is 1. The van der Waals surface area contributed by atoms with E-state index in [-0.39, 0.29) is 37.7 Å². The Labute approximate surface area is 508 Å². The Kier molecular flexibility index (Phi) is 31.6. The fourth-order valence-electron chi connectivity index (χ4n) is 8.66. The molecular formula is C62H103N5O16Si2. The topological polar surface area (TPSA) is 253 Å². The van der Waals surface area contributed by atoms with Crippen molar-refractivity contribution in [3.63, 3.8) is 0 Å². The third-order valence-corrected chi connectivity index (χ3v) is 16.7. The van der Waals surface area contributed by atoms with Crippen LogP contribution in [0.5, 0.6) is 0 Å². The molecule has 0 unspecified atom stereocenters. The highest BCUT2D eigenvalue weighted by Crippen LogP contribution is 2.26. The summed E-state index contributed by atoms with van der Waals surface area (Å²) in [5, 5.41) is 7.89. The molecule has 0 aliphatic carbocycles. The van der Waals surface area contributed by atoms with Gasteiger partial charge >= 0.3 is 36.1 Å². The summed E-state index contributed by atoms with van der Waals surface area (Å²) in [4.78, 5) is 108. The molecule has 0 radical (unpaired) electrons. The molecule has 1 aliphatic rings. The number of nitrogens with one attached hydrogen (secondary N) is 3. The first-order chi connectivity index (χ1) is 39.4. The minimum Gasteiger partial charge on any atom is -0.459 e. The highest BCUT2D eigenvalue weighted by Gasteiger charge is 2.42. The number of nitrogens with zero attached hydrogens (tertiary/aromatic N) is 2. The van der Waals surface area contributed by atoms with E-state index in [0.717, 1.165) is 23.2 Å². The molecule has 1 fully saturated rings. The summed E-state index contributed by atoms with van der Waals surface area (Å²) >= 11 is 0. The van der Waals surface area contributed by atoms with Crippen LogP contribution in [-0.4, -0.2) is 175 Å². The summed E-state index contributed by atoms with van der Waals surface area (Å²) in [5.41, 5.74) is 0.107. The zero-order valence-electron chi connectivity index (χ0n) is 54.4. The molecule has 0 spiro atoms. The summed E-state index contributed by atoms with van der Waals surface area (Å²) in [6.45, 7) is 33.2. The monoisotopic (exact) mass is 1230 g/mol. The average molecular weight is 1230 g/mol. The Balaban J connectivity index is 0.000000618. The highest BCUT2D eigenvalue weighted by molar-refractivity contribution is 6.76. The highest BCUT2D eigenvalue weighted by atomic mass is 28.3. The molecule has 1 saturated heterocycles. The van der Waals surface area contributed by atoms with Gasteiger partial charge in [0.15, 0.2) is 25.7 Å². The van der Waals surface area contributed by atoms with E-state index in [0.29, 0.717) is 51.4 Å². The Bertz CT molecular complexity index is 2410. The summed E-state index contributed by atoms with van der Waals surface area (Å²) < 4.78 is 43.5. The molecule has 1 aliphatic heterocycles. The van der Waals surface area contributed by atoms with Gasteiger partial charge in [0.25, 0.3) is 0 Å². The molecule has 3 rings (SSSR count). The quantitative estimate of drug-likeness (QED) is 0.0217. The van der Waals surface area contributed by atoms with Crippen LogP contribution in [0.1, 0.15) is 107 Å². The minimum atomic E-state index is -1.43. The number of esters is 4. The Morgan fingerprint density at radius 1 is 0.624 bits per heavy atom. The second kappa shape index (κ2) is 35.7. The summed E-state index contributed by atoms with van der Waals surface area (Å²) in [6.07, 6.45) is -1.55. The first kappa shape index (κ1) is 75.2. The lowest BCUT2D eigenvalue weighted by Gasteiger charge is -2.34. The van der Waals surface area contributed by atoms with Gasteiger partial charge in [-0.3, -0.25) is 14.4 Å². The lowest BCUT2D eigenvalue weighted by molar-refractivity contribution is -0.169. The Hall–Kier alpha value is -5.89. The van der Waals surface area contributed by atoms with E-state index in [1.54, 1.807) is 53.5 Å². The van der Waals surface area contributed by atoms with E-state index in [1.807, 2.05) is 67.6 Å². The van der Waals surface area contributed by atoms with Crippen LogP contribution in [0.3, 0.4) is 0 Å². The van der Waals surface area contributed by atoms with Crippen molar-refractivity contribution < 1.29 is 76.3 Å². The number of ether oxygens (including phenoxy) is 8. The number of rotatable bonds is 30. The molecule has 4 amide bonds. The van der Waals surface area contributed by atoms with Gasteiger partial charge in [0.05, 0.1) is 0 Å². The van der Waals surface area contributed by atoms with Crippen molar-refractivity contribution in [2.75, 3.05) is 47.4 Å². The van der Waals surface area contributed by atoms with Crippen LogP contribution in [0.4, 0.5) is 9.59 Å². The van der Waals surface area contributed by atoms with Crippen molar-refractivity contribution in [3.05, 3.63) is 71.8 Å². The summed E-state index contributed by atoms with van der Waals surface area (Å²) in [7, 11) is 0.536. The van der Waals surface area contributed by atoms with Gasteiger partial charge in [0.2, 0.25) is 11.8 Å². The standard InChI is InChI=1S/C37H61N3O9Si.C25H42N2O7Si/c1-25(2)22-26(3)32(41)40-19-15-18-29(40)33(42)39(8)30(23-28-16-13-12-14-17-28)34(43)48-27(4)31(38-36(45)49-37(5,6)7)35(44)47-24-46-20-21-50(9,10)11;1-18(33-22(28)20(26-5)16-19-12-10-9-11-13-19)21(27-24(30)34-25(2,3)4)23(29)32-17-31-14-15-35(6,7)8/h12-14,16-17,25-27,29-31H,15,18-24H2,1-11H3,(H,38,45);9-13,18,20-21,26H,14-17H2,1-8H3,(H,27,30)/t26-,27+,29-,30-,31-;18-,20+,21+/m01/s1. The van der Waals surface area contributed by atoms with Crippen LogP contribution >= 0.6 is 0 Å². The largest absolute Gasteiger partial charge is 0.459 e. The number of alkyl carbamates (subject to hydrolysis) is 2. The number of likely N-dealkylation sites (N-methyl/N-ethyl adjacent to an activating group) is 2. The van der Waals surface area contributed by atoms with Gasteiger partial charge in [-0.2, -0.15) is 0 Å². The van der Waals surface area contributed by atoms with Crippen LogP contribution in [0, 0.1) is 11.8 Å². The fourth-order valence-corrected chi connectivity index (χ4v) is 10.2. The van der Waals surface area contributed by atoms with Gasteiger partial charge < -0.3 is 63.6 Å². The van der Waals surface area contributed by atoms with Crippen LogP contribution < -0.4 is 16.0 Å². The minimum absolute atomic E-state index is 0.0715. The van der Waals surface area contributed by atoms with Crippen molar-refractivity contribution in [3.8, 4) is 0 Å². The predicted octanol–water partition coefficient (Wildman–Crippen LogP) is 8.91. The molecule has 85 heavy (non-hydrogen) atoms. The van der Waals surface area contributed by atoms with Crippen molar-refractivity contribution in [1.29, 1.82) is 0 Å². The number of benzene rings is 2. The van der Waals surface area contributed by atoms with Crippen molar-refractivity contribution in [2.45, 2.75) is 213 Å². The molecule has 0 saturated carbocycles. The van der Waals surface area contributed by atoms with Gasteiger partial charge in [0.1, 0.15) is 41.5 Å². The lowest BCUT2D eigenvalue weighted by atomic mass is 9.97. The van der Waals surface area contributed by atoms with Crippen molar-refractivity contribution in [2.24, 2.45) is 11.8 Å². The zero-order valence-corrected chi connectivity index (χ0v) is 56.4. The summed E-state index contributed by atoms with van der Waals surface area (Å²) in [6, 6.07) is 15.3. The molecule has 2 aromatic carbocycles. The predicted molar refractivity (Wildman–Crippen MR) is 331 cm³/mol. The molecule has 8 atom stereocenters. The summed E-state index contributed by atoms with van der Waals surface area (Å²) in [5.74, 6) is -3.34. The van der Waals surface area contributed by atoms with Gasteiger partial charge in [-0.15, -0.1) is 0 Å². The Morgan fingerprint density at radius 3 is 1.45 bits per heavy atom. The van der Waals surface area contributed by atoms with Gasteiger partial charge in [-0.25, -0.2) is 24.0 Å². The maximum atomic E-state index is 14.0. The lowest BCUT2D eigenvalue weighted by Crippen LogP contribution is -2.55. The van der Waals surface area contributed by atoms with Gasteiger partial charge in [0, 0.05) is 55.3 Å². The molecule has 0 bridgehead atoms. The van der Waals surface area contributed by atoms with Gasteiger partial charge in [-0.1, -0.05) is 121 Å². The third-order valence-electron chi connectivity index (χ3n) is 13.3. The molecule has 1 heterocycles. The van der Waals surface area contributed by atoms with E-state index in [2.05, 4.69) is 69.1 Å². The van der Waals surface area contributed by atoms with E-state index >= 15 is 0 Å². The van der Waals surface area contributed by atoms with E-state index < -0.39 is 106 Å². The second-order valence-electron chi connectivity index (χ2n) is 26.5. The van der Waals surface area contributed by atoms with Crippen molar-refractivity contribution >= 4 is 64.0 Å². The average Bonchev–Trinajstić information content (AvgIpc) is 4.18. The first-order valence-corrected chi connectivity index (χ1v) is 37.0. The molecule has 480 valence electrons. The number of hydrogen-bond donors (Lipinski definition) is 3. The fraction of sp³-hybridized carbons (Fsp3) is 0.677. The SMILES string of the molecule is CC(C)C[C@H](C)C(=O)N1CCC[C@H]1C(=O)N(C)[C@@H](Cc1ccccc1)C(=O)O[C@H](C)[C@H](NC(=O)OC(C)(C)C)C(=O)OCOCC[Si](C)(C)C.CN[C@@H](Cc1ccccc1)C(=O)O[C@H](C)[C@H](NC(=O)OC(C)(C)C)C(=O)OCOCC[Si](C)(C)C. The molecule has 0 aromatic heterocycles. The molecular weight excluding hydrogens is 1130 g/mol. The Morgan fingerprint density at radius 2 is 1.05 bits per heavy atom. The number of carbonyl (C=O) groups is 8. The van der Waals surface area contributed by atoms with Crippen LogP contribution in [0.2, 0.25) is 51.4 Å². The maximum Gasteiger partial charge on any atom is 0.408 e. The molecule has 2 aromatic rings. The smallest absolute Gasteiger partial charge is 0.408 e. The normalized spacial score (nSPS) is 16.1. The molecule has 23 heteroatoms. The van der Waals surface area contributed by atoms with E-state index in [1.165, 1.54) is 25.8 Å². The van der Waals surface area contributed by atoms with Gasteiger partial charge in [-0.05, 0) is 117 Å². The zero-order chi connectivity index (χ0) is 64.5. The number of carbonyl (C=O) groups excluding carboxylic acids is 8. The number of amides is 4. The van der Waals surface area contributed by atoms with E-state index in [9.17, 15) is 38.4 Å². The van der Waals surface area contributed by atoms with E-state index in [4.69, 9.17) is 37.9 Å². The number of hydrogen-bond acceptors (Lipinski definition) is 17. The third kappa shape index (κ3) is 30.3. The van der Waals surface area contributed by atoms with Crippen molar-refractivity contribution in [1.82, 2.24) is 25.8 Å². The molecule has 21 nitrogen and oxygen atoms in total. The maximum absolute atomic E-state index is 14.0. The second-order valence-corrected chi connectivity index (χ2v) is 37.8. The van der Waals surface area contributed by atoms with Crippen LogP contribution in [0.15, 0.2) is 60.7 Å².